The maximum absolute atomic E-state index is 11.7. The fourth-order valence-corrected chi connectivity index (χ4v) is 3.31. The van der Waals surface area contributed by atoms with Gasteiger partial charge in [0, 0.05) is 33.5 Å². The van der Waals surface area contributed by atoms with E-state index in [9.17, 15) is 4.79 Å². The third-order valence-electron chi connectivity index (χ3n) is 2.85. The molecule has 0 aliphatic rings. The van der Waals surface area contributed by atoms with Gasteiger partial charge in [-0.15, -0.1) is 11.3 Å². The van der Waals surface area contributed by atoms with Gasteiger partial charge in [-0.1, -0.05) is 12.1 Å². The Morgan fingerprint density at radius 1 is 1.26 bits per heavy atom. The maximum Gasteiger partial charge on any atom is 0.407 e. The maximum atomic E-state index is 11.7. The van der Waals surface area contributed by atoms with Gasteiger partial charge in [0.25, 0.3) is 0 Å². The second kappa shape index (κ2) is 7.84. The van der Waals surface area contributed by atoms with E-state index in [2.05, 4.69) is 38.0 Å². The van der Waals surface area contributed by atoms with Crippen molar-refractivity contribution in [1.82, 2.24) is 5.32 Å². The third kappa shape index (κ3) is 6.62. The molecule has 0 aliphatic heterocycles. The Bertz CT molecular complexity index is 665. The van der Waals surface area contributed by atoms with Crippen molar-refractivity contribution in [2.45, 2.75) is 39.5 Å². The second-order valence-electron chi connectivity index (χ2n) is 6.14. The van der Waals surface area contributed by atoms with Crippen LogP contribution in [-0.2, 0) is 17.8 Å². The molecule has 4 nitrogen and oxygen atoms in total. The van der Waals surface area contributed by atoms with Crippen LogP contribution < -0.4 is 10.6 Å². The zero-order chi connectivity index (χ0) is 16.9. The minimum atomic E-state index is -0.484. The van der Waals surface area contributed by atoms with Gasteiger partial charge in [0.1, 0.15) is 5.60 Å². The number of rotatable bonds is 5. The molecule has 0 fully saturated rings. The van der Waals surface area contributed by atoms with Gasteiger partial charge in [0.2, 0.25) is 0 Å². The molecule has 2 rings (SSSR count). The van der Waals surface area contributed by atoms with Gasteiger partial charge in [0.15, 0.2) is 0 Å². The largest absolute Gasteiger partial charge is 0.444 e. The summed E-state index contributed by atoms with van der Waals surface area (Å²) in [5.74, 6) is 0. The van der Waals surface area contributed by atoms with Gasteiger partial charge in [0.05, 0.1) is 0 Å². The first kappa shape index (κ1) is 17.8. The molecular weight excluding hydrogens is 376 g/mol. The summed E-state index contributed by atoms with van der Waals surface area (Å²) in [7, 11) is 0. The fraction of sp³-hybridized carbons (Fsp3) is 0.353. The number of benzene rings is 1. The van der Waals surface area contributed by atoms with Crippen LogP contribution in [0, 0.1) is 0 Å². The molecule has 0 aliphatic carbocycles. The Hall–Kier alpha value is -1.53. The average molecular weight is 397 g/mol. The molecule has 6 heteroatoms. The normalized spacial score (nSPS) is 11.1. The molecule has 23 heavy (non-hydrogen) atoms. The van der Waals surface area contributed by atoms with Crippen molar-refractivity contribution < 1.29 is 9.53 Å². The first-order chi connectivity index (χ1) is 10.8. The van der Waals surface area contributed by atoms with Gasteiger partial charge >= 0.3 is 6.09 Å². The van der Waals surface area contributed by atoms with Gasteiger partial charge < -0.3 is 15.4 Å². The summed E-state index contributed by atoms with van der Waals surface area (Å²) in [6.07, 6.45) is -0.403. The molecule has 0 saturated heterocycles. The molecule has 1 aromatic carbocycles. The Kier molecular flexibility index (Phi) is 6.07. The van der Waals surface area contributed by atoms with E-state index in [4.69, 9.17) is 4.74 Å². The predicted molar refractivity (Wildman–Crippen MR) is 98.9 cm³/mol. The Balaban J connectivity index is 1.85. The van der Waals surface area contributed by atoms with E-state index in [1.807, 2.05) is 45.0 Å². The molecule has 1 heterocycles. The summed E-state index contributed by atoms with van der Waals surface area (Å²) in [6, 6.07) is 10.1. The van der Waals surface area contributed by atoms with Crippen LogP contribution >= 0.6 is 27.3 Å². The SMILES string of the molecule is CC(C)(C)OC(=O)NCc1cccc(NCc2cc(Br)cs2)c1. The molecular formula is C17H21BrN2O2S. The highest BCUT2D eigenvalue weighted by molar-refractivity contribution is 9.10. The lowest BCUT2D eigenvalue weighted by Gasteiger charge is -2.19. The van der Waals surface area contributed by atoms with E-state index >= 15 is 0 Å². The summed E-state index contributed by atoms with van der Waals surface area (Å²) < 4.78 is 6.33. The minimum Gasteiger partial charge on any atom is -0.444 e. The minimum absolute atomic E-state index is 0.403. The van der Waals surface area contributed by atoms with E-state index < -0.39 is 11.7 Å². The highest BCUT2D eigenvalue weighted by Gasteiger charge is 2.15. The van der Waals surface area contributed by atoms with E-state index in [-0.39, 0.29) is 0 Å². The number of carbonyl (C=O) groups is 1. The number of hydrogen-bond donors (Lipinski definition) is 2. The average Bonchev–Trinajstić information content (AvgIpc) is 2.87. The number of halogens is 1. The molecule has 1 amide bonds. The topological polar surface area (TPSA) is 50.4 Å². The van der Waals surface area contributed by atoms with Crippen LogP contribution in [0.25, 0.3) is 0 Å². The molecule has 0 radical (unpaired) electrons. The van der Waals surface area contributed by atoms with Crippen molar-refractivity contribution in [1.29, 1.82) is 0 Å². The Morgan fingerprint density at radius 2 is 2.04 bits per heavy atom. The summed E-state index contributed by atoms with van der Waals surface area (Å²) in [6.45, 7) is 6.76. The van der Waals surface area contributed by atoms with E-state index in [1.54, 1.807) is 11.3 Å². The van der Waals surface area contributed by atoms with Crippen molar-refractivity contribution in [3.05, 3.63) is 50.6 Å². The number of thiophene rings is 1. The fourth-order valence-electron chi connectivity index (χ4n) is 1.92. The molecule has 2 N–H and O–H groups in total. The van der Waals surface area contributed by atoms with Crippen LogP contribution in [0.3, 0.4) is 0 Å². The molecule has 1 aromatic heterocycles. The van der Waals surface area contributed by atoms with Crippen LogP contribution in [0.5, 0.6) is 0 Å². The van der Waals surface area contributed by atoms with E-state index in [0.717, 1.165) is 22.3 Å². The summed E-state index contributed by atoms with van der Waals surface area (Å²) in [5, 5.41) is 8.22. The zero-order valence-corrected chi connectivity index (χ0v) is 15.9. The van der Waals surface area contributed by atoms with E-state index in [0.29, 0.717) is 6.54 Å². The smallest absolute Gasteiger partial charge is 0.407 e. The highest BCUT2D eigenvalue weighted by atomic mass is 79.9. The lowest BCUT2D eigenvalue weighted by Crippen LogP contribution is -2.32. The van der Waals surface area contributed by atoms with Crippen molar-refractivity contribution in [3.63, 3.8) is 0 Å². The Labute approximate surface area is 149 Å². The monoisotopic (exact) mass is 396 g/mol. The molecule has 0 spiro atoms. The van der Waals surface area contributed by atoms with Crippen molar-refractivity contribution >= 4 is 39.0 Å². The van der Waals surface area contributed by atoms with E-state index in [1.165, 1.54) is 4.88 Å². The molecule has 2 aromatic rings. The molecule has 0 atom stereocenters. The van der Waals surface area contributed by atoms with Crippen molar-refractivity contribution in [2.75, 3.05) is 5.32 Å². The summed E-state index contributed by atoms with van der Waals surface area (Å²) >= 11 is 5.16. The second-order valence-corrected chi connectivity index (χ2v) is 8.05. The van der Waals surface area contributed by atoms with Crippen LogP contribution in [0.1, 0.15) is 31.2 Å². The van der Waals surface area contributed by atoms with Gasteiger partial charge in [-0.05, 0) is 60.5 Å². The van der Waals surface area contributed by atoms with Gasteiger partial charge in [-0.2, -0.15) is 0 Å². The highest BCUT2D eigenvalue weighted by Crippen LogP contribution is 2.21. The van der Waals surface area contributed by atoms with Crippen LogP contribution in [0.15, 0.2) is 40.2 Å². The molecule has 0 unspecified atom stereocenters. The molecule has 124 valence electrons. The summed E-state index contributed by atoms with van der Waals surface area (Å²) in [4.78, 5) is 12.9. The zero-order valence-electron chi connectivity index (χ0n) is 13.5. The number of nitrogens with one attached hydrogen (secondary N) is 2. The van der Waals surface area contributed by atoms with Crippen molar-refractivity contribution in [3.8, 4) is 0 Å². The number of anilines is 1. The number of hydrogen-bond acceptors (Lipinski definition) is 4. The summed E-state index contributed by atoms with van der Waals surface area (Å²) in [5.41, 5.74) is 1.56. The van der Waals surface area contributed by atoms with Crippen LogP contribution in [0.2, 0.25) is 0 Å². The predicted octanol–water partition coefficient (Wildman–Crippen LogP) is 5.15. The molecule has 0 saturated carbocycles. The lowest BCUT2D eigenvalue weighted by atomic mass is 10.2. The Morgan fingerprint density at radius 3 is 2.70 bits per heavy atom. The number of alkyl carbamates (subject to hydrolysis) is 1. The number of amides is 1. The first-order valence-electron chi connectivity index (χ1n) is 7.34. The van der Waals surface area contributed by atoms with Crippen molar-refractivity contribution in [2.24, 2.45) is 0 Å². The van der Waals surface area contributed by atoms with Gasteiger partial charge in [-0.25, -0.2) is 4.79 Å². The lowest BCUT2D eigenvalue weighted by molar-refractivity contribution is 0.0523. The molecule has 0 bridgehead atoms. The standard InChI is InChI=1S/C17H21BrN2O2S/c1-17(2,3)22-16(21)20-9-12-5-4-6-14(7-12)19-10-15-8-13(18)11-23-15/h4-8,11,19H,9-10H2,1-3H3,(H,20,21). The number of carbonyl (C=O) groups excluding carboxylic acids is 1. The third-order valence-corrected chi connectivity index (χ3v) is 4.55. The number of ether oxygens (including phenoxy) is 1. The van der Waals surface area contributed by atoms with Crippen LogP contribution in [-0.4, -0.2) is 11.7 Å². The first-order valence-corrected chi connectivity index (χ1v) is 9.02. The van der Waals surface area contributed by atoms with Crippen LogP contribution in [0.4, 0.5) is 10.5 Å². The van der Waals surface area contributed by atoms with Gasteiger partial charge in [-0.3, -0.25) is 0 Å². The quantitative estimate of drug-likeness (QED) is 0.734.